The van der Waals surface area contributed by atoms with Gasteiger partial charge >= 0.3 is 0 Å². The number of benzene rings is 2. The van der Waals surface area contributed by atoms with E-state index in [1.807, 2.05) is 17.0 Å². The van der Waals surface area contributed by atoms with Crippen LogP contribution in [0.4, 0.5) is 11.8 Å². The molecular formula is C29H37N5O3. The van der Waals surface area contributed by atoms with E-state index in [4.69, 9.17) is 19.4 Å². The third-order valence-electron chi connectivity index (χ3n) is 7.52. The largest absolute Gasteiger partial charge is 0.493 e. The van der Waals surface area contributed by atoms with Gasteiger partial charge in [0.25, 0.3) is 0 Å². The minimum atomic E-state index is 0.266. The minimum absolute atomic E-state index is 0.266. The van der Waals surface area contributed by atoms with Crippen LogP contribution in [0.5, 0.6) is 11.5 Å². The van der Waals surface area contributed by atoms with Gasteiger partial charge in [0.1, 0.15) is 5.82 Å². The van der Waals surface area contributed by atoms with E-state index in [1.165, 1.54) is 5.56 Å². The first-order valence-corrected chi connectivity index (χ1v) is 13.4. The number of nitrogens with zero attached hydrogens (tertiary/aromatic N) is 4. The molecule has 2 fully saturated rings. The molecule has 1 amide bonds. The Labute approximate surface area is 219 Å². The summed E-state index contributed by atoms with van der Waals surface area (Å²) in [6.45, 7) is 4.24. The number of piperidine rings is 1. The van der Waals surface area contributed by atoms with Crippen molar-refractivity contribution in [2.45, 2.75) is 38.5 Å². The standard InChI is InChI=1S/C29H37N5O3/c1-36-25-19-23-24(20-26(25)37-2)31-29(32-28(23)30-13-7-15-33-14-6-10-27(33)35)34-16-11-22(12-17-34)18-21-8-4-3-5-9-21/h3-5,8-9,19-20,22H,6-7,10-18H2,1-2H3,(H,30,31,32). The number of hydrogen-bond acceptors (Lipinski definition) is 7. The Balaban J connectivity index is 1.32. The van der Waals surface area contributed by atoms with Gasteiger partial charge in [0.15, 0.2) is 11.5 Å². The molecule has 0 spiro atoms. The highest BCUT2D eigenvalue weighted by Crippen LogP contribution is 2.35. The molecule has 0 aliphatic carbocycles. The summed E-state index contributed by atoms with van der Waals surface area (Å²) in [7, 11) is 3.28. The molecule has 0 radical (unpaired) electrons. The van der Waals surface area contributed by atoms with Gasteiger partial charge in [-0.15, -0.1) is 0 Å². The quantitative estimate of drug-likeness (QED) is 0.407. The van der Waals surface area contributed by atoms with E-state index < -0.39 is 0 Å². The van der Waals surface area contributed by atoms with Crippen LogP contribution < -0.4 is 19.7 Å². The van der Waals surface area contributed by atoms with Gasteiger partial charge in [-0.1, -0.05) is 30.3 Å². The second-order valence-electron chi connectivity index (χ2n) is 9.98. The topological polar surface area (TPSA) is 79.8 Å². The maximum atomic E-state index is 11.9. The van der Waals surface area contributed by atoms with E-state index in [2.05, 4.69) is 40.5 Å². The second kappa shape index (κ2) is 11.7. The van der Waals surface area contributed by atoms with E-state index in [0.29, 0.717) is 23.8 Å². The third-order valence-corrected chi connectivity index (χ3v) is 7.52. The highest BCUT2D eigenvalue weighted by Gasteiger charge is 2.23. The lowest BCUT2D eigenvalue weighted by atomic mass is 9.90. The van der Waals surface area contributed by atoms with Crippen molar-refractivity contribution in [2.24, 2.45) is 5.92 Å². The monoisotopic (exact) mass is 503 g/mol. The molecule has 2 aromatic carbocycles. The molecule has 0 bridgehead atoms. The number of ether oxygens (including phenoxy) is 2. The number of likely N-dealkylation sites (tertiary alicyclic amines) is 1. The van der Waals surface area contributed by atoms with Crippen LogP contribution in [0.2, 0.25) is 0 Å². The van der Waals surface area contributed by atoms with Gasteiger partial charge in [-0.25, -0.2) is 4.98 Å². The van der Waals surface area contributed by atoms with E-state index in [-0.39, 0.29) is 5.91 Å². The van der Waals surface area contributed by atoms with Crippen LogP contribution in [0.15, 0.2) is 42.5 Å². The van der Waals surface area contributed by atoms with Gasteiger partial charge in [0.2, 0.25) is 11.9 Å². The number of methoxy groups -OCH3 is 2. The van der Waals surface area contributed by atoms with Gasteiger partial charge in [-0.2, -0.15) is 4.98 Å². The number of nitrogens with one attached hydrogen (secondary N) is 1. The third kappa shape index (κ3) is 5.89. The Kier molecular flexibility index (Phi) is 7.92. The minimum Gasteiger partial charge on any atom is -0.493 e. The zero-order valence-corrected chi connectivity index (χ0v) is 21.9. The second-order valence-corrected chi connectivity index (χ2v) is 9.98. The molecule has 3 heterocycles. The van der Waals surface area contributed by atoms with Gasteiger partial charge in [0, 0.05) is 50.6 Å². The molecule has 0 atom stereocenters. The number of fused-ring (bicyclic) bond motifs is 1. The molecule has 8 heteroatoms. The summed E-state index contributed by atoms with van der Waals surface area (Å²) in [5, 5.41) is 4.42. The van der Waals surface area contributed by atoms with Gasteiger partial charge in [-0.05, 0) is 49.7 Å². The van der Waals surface area contributed by atoms with Crippen LogP contribution in [-0.4, -0.2) is 67.7 Å². The predicted molar refractivity (Wildman–Crippen MR) is 147 cm³/mol. The fourth-order valence-electron chi connectivity index (χ4n) is 5.42. The molecule has 1 aromatic heterocycles. The summed E-state index contributed by atoms with van der Waals surface area (Å²) in [4.78, 5) is 26.1. The smallest absolute Gasteiger partial charge is 0.227 e. The van der Waals surface area contributed by atoms with Crippen LogP contribution in [0, 0.1) is 5.92 Å². The number of carbonyl (C=O) groups excluding carboxylic acids is 1. The normalized spacial score (nSPS) is 16.4. The number of rotatable bonds is 10. The zero-order chi connectivity index (χ0) is 25.6. The number of carbonyl (C=O) groups is 1. The fourth-order valence-corrected chi connectivity index (χ4v) is 5.42. The molecule has 196 valence electrons. The predicted octanol–water partition coefficient (Wildman–Crippen LogP) is 4.53. The first-order valence-electron chi connectivity index (χ1n) is 13.4. The van der Waals surface area contributed by atoms with Gasteiger partial charge in [0.05, 0.1) is 19.7 Å². The summed E-state index contributed by atoms with van der Waals surface area (Å²) in [5.41, 5.74) is 2.23. The lowest BCUT2D eigenvalue weighted by molar-refractivity contribution is -0.127. The van der Waals surface area contributed by atoms with E-state index in [0.717, 1.165) is 87.5 Å². The van der Waals surface area contributed by atoms with Crippen LogP contribution in [0.1, 0.15) is 37.7 Å². The summed E-state index contributed by atoms with van der Waals surface area (Å²) in [5.74, 6) is 3.78. The summed E-state index contributed by atoms with van der Waals surface area (Å²) in [6.07, 6.45) is 5.87. The maximum absolute atomic E-state index is 11.9. The van der Waals surface area contributed by atoms with Crippen molar-refractivity contribution in [3.63, 3.8) is 0 Å². The van der Waals surface area contributed by atoms with Gasteiger partial charge in [-0.3, -0.25) is 4.79 Å². The average Bonchev–Trinajstić information content (AvgIpc) is 3.35. The van der Waals surface area contributed by atoms with Crippen molar-refractivity contribution in [3.05, 3.63) is 48.0 Å². The summed E-state index contributed by atoms with van der Waals surface area (Å²) < 4.78 is 11.1. The van der Waals surface area contributed by atoms with Crippen LogP contribution in [-0.2, 0) is 11.2 Å². The molecular weight excluding hydrogens is 466 g/mol. The van der Waals surface area contributed by atoms with E-state index in [1.54, 1.807) is 14.2 Å². The molecule has 0 unspecified atom stereocenters. The number of hydrogen-bond donors (Lipinski definition) is 1. The molecule has 5 rings (SSSR count). The Morgan fingerprint density at radius 2 is 1.76 bits per heavy atom. The van der Waals surface area contributed by atoms with E-state index in [9.17, 15) is 4.79 Å². The van der Waals surface area contributed by atoms with Crippen LogP contribution >= 0.6 is 0 Å². The molecule has 2 saturated heterocycles. The van der Waals surface area contributed by atoms with Crippen molar-refractivity contribution >= 4 is 28.6 Å². The number of anilines is 2. The van der Waals surface area contributed by atoms with Crippen molar-refractivity contribution in [1.82, 2.24) is 14.9 Å². The Morgan fingerprint density at radius 1 is 1.00 bits per heavy atom. The Bertz CT molecular complexity index is 1210. The molecule has 3 aromatic rings. The number of amides is 1. The number of aromatic nitrogens is 2. The highest BCUT2D eigenvalue weighted by atomic mass is 16.5. The highest BCUT2D eigenvalue weighted by molar-refractivity contribution is 5.92. The summed E-state index contributed by atoms with van der Waals surface area (Å²) in [6, 6.07) is 14.6. The maximum Gasteiger partial charge on any atom is 0.227 e. The molecule has 0 saturated carbocycles. The zero-order valence-electron chi connectivity index (χ0n) is 21.9. The molecule has 2 aliphatic heterocycles. The van der Waals surface area contributed by atoms with Gasteiger partial charge < -0.3 is 24.6 Å². The lowest BCUT2D eigenvalue weighted by Crippen LogP contribution is -2.35. The molecule has 2 aliphatic rings. The first kappa shape index (κ1) is 25.1. The molecule has 37 heavy (non-hydrogen) atoms. The summed E-state index contributed by atoms with van der Waals surface area (Å²) >= 11 is 0. The molecule has 1 N–H and O–H groups in total. The SMILES string of the molecule is COc1cc2nc(N3CCC(Cc4ccccc4)CC3)nc(NCCCN3CCCC3=O)c2cc1OC. The Hall–Kier alpha value is -3.55. The first-order chi connectivity index (χ1) is 18.1. The van der Waals surface area contributed by atoms with Crippen LogP contribution in [0.3, 0.4) is 0 Å². The molecule has 8 nitrogen and oxygen atoms in total. The average molecular weight is 504 g/mol. The Morgan fingerprint density at radius 3 is 2.46 bits per heavy atom. The van der Waals surface area contributed by atoms with E-state index >= 15 is 0 Å². The van der Waals surface area contributed by atoms with Crippen molar-refractivity contribution in [2.75, 3.05) is 57.2 Å². The lowest BCUT2D eigenvalue weighted by Gasteiger charge is -2.32. The van der Waals surface area contributed by atoms with Crippen molar-refractivity contribution in [1.29, 1.82) is 0 Å². The van der Waals surface area contributed by atoms with Crippen molar-refractivity contribution in [3.8, 4) is 11.5 Å². The fraction of sp³-hybridized carbons (Fsp3) is 0.483. The van der Waals surface area contributed by atoms with Crippen molar-refractivity contribution < 1.29 is 14.3 Å². The van der Waals surface area contributed by atoms with Crippen LogP contribution in [0.25, 0.3) is 10.9 Å².